The van der Waals surface area contributed by atoms with Crippen LogP contribution in [0.4, 0.5) is 5.69 Å². The Labute approximate surface area is 111 Å². The van der Waals surface area contributed by atoms with Crippen molar-refractivity contribution in [3.05, 3.63) is 52.0 Å². The molecular formula is C11H7BrClN3O. The standard InChI is InChI=1S/C11H7BrClN3O/c12-8-2-1-7(13)5-9(8)16-11(17)10-6-14-3-4-15-10/h1-6H,(H,16,17). The molecule has 0 atom stereocenters. The first-order valence-corrected chi connectivity index (χ1v) is 5.86. The average molecular weight is 313 g/mol. The maximum atomic E-state index is 11.8. The van der Waals surface area contributed by atoms with Gasteiger partial charge in [-0.1, -0.05) is 11.6 Å². The molecule has 0 saturated heterocycles. The summed E-state index contributed by atoms with van der Waals surface area (Å²) in [5, 5.41) is 3.24. The van der Waals surface area contributed by atoms with E-state index >= 15 is 0 Å². The third kappa shape index (κ3) is 3.01. The molecule has 0 aliphatic rings. The largest absolute Gasteiger partial charge is 0.320 e. The van der Waals surface area contributed by atoms with Gasteiger partial charge < -0.3 is 5.32 Å². The van der Waals surface area contributed by atoms with Crippen LogP contribution in [0, 0.1) is 0 Å². The van der Waals surface area contributed by atoms with Crippen LogP contribution in [0.5, 0.6) is 0 Å². The van der Waals surface area contributed by atoms with Gasteiger partial charge in [-0.25, -0.2) is 4.98 Å². The number of rotatable bonds is 2. The molecule has 0 fully saturated rings. The lowest BCUT2D eigenvalue weighted by Crippen LogP contribution is -2.14. The highest BCUT2D eigenvalue weighted by Crippen LogP contribution is 2.26. The molecule has 0 aliphatic heterocycles. The molecule has 0 saturated carbocycles. The van der Waals surface area contributed by atoms with Gasteiger partial charge in [0.1, 0.15) is 5.69 Å². The minimum atomic E-state index is -0.332. The Bertz CT molecular complexity index is 548. The Hall–Kier alpha value is -1.46. The fraction of sp³-hybridized carbons (Fsp3) is 0. The minimum Gasteiger partial charge on any atom is -0.320 e. The van der Waals surface area contributed by atoms with Crippen molar-refractivity contribution >= 4 is 39.1 Å². The molecule has 17 heavy (non-hydrogen) atoms. The Morgan fingerprint density at radius 2 is 2.18 bits per heavy atom. The van der Waals surface area contributed by atoms with Gasteiger partial charge in [-0.2, -0.15) is 0 Å². The molecule has 1 heterocycles. The predicted octanol–water partition coefficient (Wildman–Crippen LogP) is 3.14. The number of halogens is 2. The van der Waals surface area contributed by atoms with Gasteiger partial charge in [0.15, 0.2) is 0 Å². The molecule has 86 valence electrons. The third-order valence-corrected chi connectivity index (χ3v) is 2.90. The molecule has 0 aliphatic carbocycles. The summed E-state index contributed by atoms with van der Waals surface area (Å²) in [7, 11) is 0. The van der Waals surface area contributed by atoms with Crippen LogP contribution in [-0.4, -0.2) is 15.9 Å². The van der Waals surface area contributed by atoms with E-state index in [1.54, 1.807) is 18.2 Å². The van der Waals surface area contributed by atoms with Gasteiger partial charge in [-0.05, 0) is 34.1 Å². The van der Waals surface area contributed by atoms with E-state index in [-0.39, 0.29) is 11.6 Å². The lowest BCUT2D eigenvalue weighted by atomic mass is 10.3. The minimum absolute atomic E-state index is 0.249. The van der Waals surface area contributed by atoms with Crippen LogP contribution >= 0.6 is 27.5 Å². The van der Waals surface area contributed by atoms with Gasteiger partial charge in [0, 0.05) is 21.9 Å². The van der Waals surface area contributed by atoms with Crippen LogP contribution in [0.3, 0.4) is 0 Å². The second kappa shape index (κ2) is 5.25. The molecule has 1 N–H and O–H groups in total. The van der Waals surface area contributed by atoms with Crippen LogP contribution in [0.1, 0.15) is 10.5 Å². The van der Waals surface area contributed by atoms with Crippen molar-refractivity contribution in [1.29, 1.82) is 0 Å². The van der Waals surface area contributed by atoms with Gasteiger partial charge in [-0.3, -0.25) is 9.78 Å². The summed E-state index contributed by atoms with van der Waals surface area (Å²) in [5.74, 6) is -0.332. The van der Waals surface area contributed by atoms with E-state index in [1.807, 2.05) is 0 Å². The summed E-state index contributed by atoms with van der Waals surface area (Å²) in [6, 6.07) is 5.14. The van der Waals surface area contributed by atoms with E-state index in [2.05, 4.69) is 31.2 Å². The topological polar surface area (TPSA) is 54.9 Å². The van der Waals surface area contributed by atoms with Crippen LogP contribution < -0.4 is 5.32 Å². The zero-order valence-electron chi connectivity index (χ0n) is 8.52. The Kier molecular flexibility index (Phi) is 3.71. The van der Waals surface area contributed by atoms with Crippen LogP contribution in [-0.2, 0) is 0 Å². The van der Waals surface area contributed by atoms with Gasteiger partial charge >= 0.3 is 0 Å². The molecule has 2 rings (SSSR count). The highest BCUT2D eigenvalue weighted by molar-refractivity contribution is 9.10. The van der Waals surface area contributed by atoms with Crippen molar-refractivity contribution in [3.63, 3.8) is 0 Å². The maximum Gasteiger partial charge on any atom is 0.275 e. The summed E-state index contributed by atoms with van der Waals surface area (Å²) >= 11 is 9.17. The van der Waals surface area contributed by atoms with E-state index in [0.29, 0.717) is 10.7 Å². The number of hydrogen-bond donors (Lipinski definition) is 1. The second-order valence-electron chi connectivity index (χ2n) is 3.17. The van der Waals surface area contributed by atoms with E-state index in [4.69, 9.17) is 11.6 Å². The normalized spacial score (nSPS) is 10.0. The quantitative estimate of drug-likeness (QED) is 0.927. The van der Waals surface area contributed by atoms with E-state index < -0.39 is 0 Å². The average Bonchev–Trinajstić information content (AvgIpc) is 2.35. The number of hydrogen-bond acceptors (Lipinski definition) is 3. The molecule has 4 nitrogen and oxygen atoms in total. The van der Waals surface area contributed by atoms with E-state index in [9.17, 15) is 4.79 Å². The van der Waals surface area contributed by atoms with Gasteiger partial charge in [0.25, 0.3) is 5.91 Å². The number of benzene rings is 1. The SMILES string of the molecule is O=C(Nc1cc(Cl)ccc1Br)c1cnccn1. The van der Waals surface area contributed by atoms with Gasteiger partial charge in [-0.15, -0.1) is 0 Å². The molecule has 0 radical (unpaired) electrons. The Balaban J connectivity index is 2.22. The fourth-order valence-corrected chi connectivity index (χ4v) is 1.71. The molecule has 0 spiro atoms. The number of nitrogens with one attached hydrogen (secondary N) is 1. The van der Waals surface area contributed by atoms with E-state index in [1.165, 1.54) is 18.6 Å². The summed E-state index contributed by atoms with van der Waals surface area (Å²) in [4.78, 5) is 19.5. The summed E-state index contributed by atoms with van der Waals surface area (Å²) in [6.07, 6.45) is 4.36. The third-order valence-electron chi connectivity index (χ3n) is 1.97. The smallest absolute Gasteiger partial charge is 0.275 e. The lowest BCUT2D eigenvalue weighted by Gasteiger charge is -2.06. The summed E-state index contributed by atoms with van der Waals surface area (Å²) < 4.78 is 0.749. The number of amides is 1. The first-order valence-electron chi connectivity index (χ1n) is 4.69. The molecule has 6 heteroatoms. The second-order valence-corrected chi connectivity index (χ2v) is 4.46. The number of carbonyl (C=O) groups is 1. The molecule has 2 aromatic rings. The first kappa shape index (κ1) is 12.0. The molecule has 0 bridgehead atoms. The van der Waals surface area contributed by atoms with Gasteiger partial charge in [0.2, 0.25) is 0 Å². The highest BCUT2D eigenvalue weighted by Gasteiger charge is 2.09. The number of aromatic nitrogens is 2. The first-order chi connectivity index (χ1) is 8.16. The zero-order valence-corrected chi connectivity index (χ0v) is 10.9. The van der Waals surface area contributed by atoms with Gasteiger partial charge in [0.05, 0.1) is 11.9 Å². The van der Waals surface area contributed by atoms with Crippen molar-refractivity contribution in [1.82, 2.24) is 9.97 Å². The Morgan fingerprint density at radius 3 is 2.88 bits per heavy atom. The number of anilines is 1. The number of carbonyl (C=O) groups excluding carboxylic acids is 1. The summed E-state index contributed by atoms with van der Waals surface area (Å²) in [6.45, 7) is 0. The highest BCUT2D eigenvalue weighted by atomic mass is 79.9. The Morgan fingerprint density at radius 1 is 1.35 bits per heavy atom. The van der Waals surface area contributed by atoms with Crippen molar-refractivity contribution in [2.75, 3.05) is 5.32 Å². The van der Waals surface area contributed by atoms with E-state index in [0.717, 1.165) is 4.47 Å². The number of nitrogens with zero attached hydrogens (tertiary/aromatic N) is 2. The van der Waals surface area contributed by atoms with Crippen LogP contribution in [0.25, 0.3) is 0 Å². The zero-order chi connectivity index (χ0) is 12.3. The van der Waals surface area contributed by atoms with Crippen LogP contribution in [0.15, 0.2) is 41.3 Å². The molecular weight excluding hydrogens is 305 g/mol. The van der Waals surface area contributed by atoms with Crippen LogP contribution in [0.2, 0.25) is 5.02 Å². The van der Waals surface area contributed by atoms with Crippen molar-refractivity contribution in [2.24, 2.45) is 0 Å². The molecule has 1 aromatic carbocycles. The molecule has 1 amide bonds. The molecule has 1 aromatic heterocycles. The monoisotopic (exact) mass is 311 g/mol. The summed E-state index contributed by atoms with van der Waals surface area (Å²) in [5.41, 5.74) is 0.840. The lowest BCUT2D eigenvalue weighted by molar-refractivity contribution is 0.102. The predicted molar refractivity (Wildman–Crippen MR) is 69.1 cm³/mol. The van der Waals surface area contributed by atoms with Crippen molar-refractivity contribution < 1.29 is 4.79 Å². The molecule has 0 unspecified atom stereocenters. The van der Waals surface area contributed by atoms with Crippen molar-refractivity contribution in [3.8, 4) is 0 Å². The maximum absolute atomic E-state index is 11.8. The van der Waals surface area contributed by atoms with Crippen molar-refractivity contribution in [2.45, 2.75) is 0 Å². The fourth-order valence-electron chi connectivity index (χ4n) is 1.20.